The average molecular weight is 228 g/mol. The third kappa shape index (κ3) is 3.20. The second kappa shape index (κ2) is 5.46. The van der Waals surface area contributed by atoms with Gasteiger partial charge in [-0.2, -0.15) is 0 Å². The van der Waals surface area contributed by atoms with Crippen LogP contribution < -0.4 is 4.74 Å². The molecule has 16 heavy (non-hydrogen) atoms. The Labute approximate surface area is 92.3 Å². The molecule has 0 fully saturated rings. The molecule has 88 valence electrons. The summed E-state index contributed by atoms with van der Waals surface area (Å²) in [5.41, 5.74) is 0.267. The maximum atomic E-state index is 13.0. The van der Waals surface area contributed by atoms with E-state index in [1.807, 2.05) is 0 Å². The Kier molecular flexibility index (Phi) is 4.25. The number of carboxylic acid groups (broad SMARTS) is 1. The van der Waals surface area contributed by atoms with Gasteiger partial charge in [0.05, 0.1) is 13.2 Å². The van der Waals surface area contributed by atoms with E-state index in [0.29, 0.717) is 5.75 Å². The molecule has 1 aromatic rings. The molecular weight excluding hydrogens is 215 g/mol. The van der Waals surface area contributed by atoms with Crippen LogP contribution in [0.4, 0.5) is 4.39 Å². The molecule has 0 amide bonds. The van der Waals surface area contributed by atoms with Crippen LogP contribution >= 0.6 is 0 Å². The molecule has 0 saturated heterocycles. The molecule has 0 aromatic heterocycles. The average Bonchev–Trinajstić information content (AvgIpc) is 2.25. The van der Waals surface area contributed by atoms with Gasteiger partial charge >= 0.3 is 5.97 Å². The van der Waals surface area contributed by atoms with Crippen molar-refractivity contribution in [1.29, 1.82) is 0 Å². The van der Waals surface area contributed by atoms with E-state index >= 15 is 0 Å². The standard InChI is InChI=1S/C11H13FO4/c1-16-10-4-2-7(12)6-8(10)9(13)3-5-11(14)15/h2,4,6,9,13H,3,5H2,1H3,(H,14,15). The van der Waals surface area contributed by atoms with Gasteiger partial charge in [0.15, 0.2) is 0 Å². The highest BCUT2D eigenvalue weighted by atomic mass is 19.1. The fraction of sp³-hybridized carbons (Fsp3) is 0.364. The van der Waals surface area contributed by atoms with E-state index in [1.54, 1.807) is 0 Å². The summed E-state index contributed by atoms with van der Waals surface area (Å²) in [5.74, 6) is -1.15. The van der Waals surface area contributed by atoms with E-state index in [1.165, 1.54) is 19.2 Å². The Bertz CT molecular complexity index is 378. The van der Waals surface area contributed by atoms with Gasteiger partial charge in [-0.3, -0.25) is 4.79 Å². The summed E-state index contributed by atoms with van der Waals surface area (Å²) in [6.45, 7) is 0. The minimum absolute atomic E-state index is 0.0230. The Balaban J connectivity index is 2.84. The van der Waals surface area contributed by atoms with Crippen molar-refractivity contribution in [2.75, 3.05) is 7.11 Å². The number of aliphatic hydroxyl groups excluding tert-OH is 1. The number of rotatable bonds is 5. The van der Waals surface area contributed by atoms with E-state index in [4.69, 9.17) is 9.84 Å². The van der Waals surface area contributed by atoms with Gasteiger partial charge in [0.2, 0.25) is 0 Å². The highest BCUT2D eigenvalue weighted by molar-refractivity contribution is 5.66. The molecular formula is C11H13FO4. The van der Waals surface area contributed by atoms with Crippen molar-refractivity contribution in [3.63, 3.8) is 0 Å². The van der Waals surface area contributed by atoms with Crippen LogP contribution in [0.1, 0.15) is 24.5 Å². The number of methoxy groups -OCH3 is 1. The summed E-state index contributed by atoms with van der Waals surface area (Å²) in [6, 6.07) is 3.76. The van der Waals surface area contributed by atoms with Crippen molar-refractivity contribution >= 4 is 5.97 Å². The molecule has 1 atom stereocenters. The lowest BCUT2D eigenvalue weighted by Crippen LogP contribution is -2.04. The second-order valence-electron chi connectivity index (χ2n) is 3.33. The van der Waals surface area contributed by atoms with Gasteiger partial charge in [-0.05, 0) is 24.6 Å². The van der Waals surface area contributed by atoms with Crippen molar-refractivity contribution in [3.8, 4) is 5.75 Å². The van der Waals surface area contributed by atoms with Crippen molar-refractivity contribution in [3.05, 3.63) is 29.6 Å². The predicted molar refractivity (Wildman–Crippen MR) is 54.8 cm³/mol. The number of carboxylic acids is 1. The zero-order valence-corrected chi connectivity index (χ0v) is 8.81. The first-order valence-corrected chi connectivity index (χ1v) is 4.78. The Morgan fingerprint density at radius 2 is 2.25 bits per heavy atom. The summed E-state index contributed by atoms with van der Waals surface area (Å²) in [7, 11) is 1.40. The van der Waals surface area contributed by atoms with E-state index < -0.39 is 17.9 Å². The minimum atomic E-state index is -1.04. The van der Waals surface area contributed by atoms with E-state index in [0.717, 1.165) is 6.07 Å². The van der Waals surface area contributed by atoms with Gasteiger partial charge in [0, 0.05) is 12.0 Å². The van der Waals surface area contributed by atoms with Crippen molar-refractivity contribution < 1.29 is 24.1 Å². The van der Waals surface area contributed by atoms with Crippen molar-refractivity contribution in [2.45, 2.75) is 18.9 Å². The molecule has 2 N–H and O–H groups in total. The molecule has 4 nitrogen and oxygen atoms in total. The Hall–Kier alpha value is -1.62. The van der Waals surface area contributed by atoms with Crippen LogP contribution in [-0.2, 0) is 4.79 Å². The summed E-state index contributed by atoms with van der Waals surface area (Å²) in [4.78, 5) is 10.3. The molecule has 5 heteroatoms. The lowest BCUT2D eigenvalue weighted by molar-refractivity contribution is -0.137. The van der Waals surface area contributed by atoms with E-state index in [-0.39, 0.29) is 18.4 Å². The van der Waals surface area contributed by atoms with Gasteiger partial charge in [-0.25, -0.2) is 4.39 Å². The normalized spacial score (nSPS) is 12.2. The third-order valence-electron chi connectivity index (χ3n) is 2.18. The maximum Gasteiger partial charge on any atom is 0.303 e. The SMILES string of the molecule is COc1ccc(F)cc1C(O)CCC(=O)O. The maximum absolute atomic E-state index is 13.0. The molecule has 0 aliphatic carbocycles. The highest BCUT2D eigenvalue weighted by Gasteiger charge is 2.15. The van der Waals surface area contributed by atoms with Crippen LogP contribution in [-0.4, -0.2) is 23.3 Å². The predicted octanol–water partition coefficient (Wildman–Crippen LogP) is 1.73. The Morgan fingerprint density at radius 3 is 2.81 bits per heavy atom. The summed E-state index contributed by atoms with van der Waals surface area (Å²) in [6.07, 6.45) is -1.20. The number of carbonyl (C=O) groups is 1. The van der Waals surface area contributed by atoms with Gasteiger partial charge in [0.1, 0.15) is 11.6 Å². The number of aliphatic carboxylic acids is 1. The van der Waals surface area contributed by atoms with Gasteiger partial charge in [-0.15, -0.1) is 0 Å². The van der Waals surface area contributed by atoms with Crippen LogP contribution in [0.5, 0.6) is 5.75 Å². The number of hydrogen-bond acceptors (Lipinski definition) is 3. The van der Waals surface area contributed by atoms with Crippen LogP contribution in [0, 0.1) is 5.82 Å². The number of benzene rings is 1. The second-order valence-corrected chi connectivity index (χ2v) is 3.33. The fourth-order valence-corrected chi connectivity index (χ4v) is 1.38. The summed E-state index contributed by atoms with van der Waals surface area (Å²) < 4.78 is 17.9. The smallest absolute Gasteiger partial charge is 0.303 e. The first-order chi connectivity index (χ1) is 7.54. The van der Waals surface area contributed by atoms with Gasteiger partial charge < -0.3 is 14.9 Å². The van der Waals surface area contributed by atoms with Gasteiger partial charge in [-0.1, -0.05) is 0 Å². The first-order valence-electron chi connectivity index (χ1n) is 4.78. The van der Waals surface area contributed by atoms with E-state index in [2.05, 4.69) is 0 Å². The quantitative estimate of drug-likeness (QED) is 0.805. The number of halogens is 1. The minimum Gasteiger partial charge on any atom is -0.496 e. The number of aliphatic hydroxyl groups is 1. The molecule has 0 heterocycles. The van der Waals surface area contributed by atoms with Crippen molar-refractivity contribution in [2.24, 2.45) is 0 Å². The topological polar surface area (TPSA) is 66.8 Å². The lowest BCUT2D eigenvalue weighted by atomic mass is 10.0. The zero-order chi connectivity index (χ0) is 12.1. The van der Waals surface area contributed by atoms with Crippen LogP contribution in [0.3, 0.4) is 0 Å². The third-order valence-corrected chi connectivity index (χ3v) is 2.18. The van der Waals surface area contributed by atoms with Crippen molar-refractivity contribution in [1.82, 2.24) is 0 Å². The van der Waals surface area contributed by atoms with Crippen LogP contribution in [0.25, 0.3) is 0 Å². The molecule has 1 rings (SSSR count). The largest absolute Gasteiger partial charge is 0.496 e. The zero-order valence-electron chi connectivity index (χ0n) is 8.81. The van der Waals surface area contributed by atoms with E-state index in [9.17, 15) is 14.3 Å². The summed E-state index contributed by atoms with van der Waals surface area (Å²) >= 11 is 0. The fourth-order valence-electron chi connectivity index (χ4n) is 1.38. The van der Waals surface area contributed by atoms with Gasteiger partial charge in [0.25, 0.3) is 0 Å². The molecule has 0 bridgehead atoms. The molecule has 0 aliphatic rings. The van der Waals surface area contributed by atoms with Crippen LogP contribution in [0.2, 0.25) is 0 Å². The molecule has 0 spiro atoms. The lowest BCUT2D eigenvalue weighted by Gasteiger charge is -2.13. The first kappa shape index (κ1) is 12.4. The number of ether oxygens (including phenoxy) is 1. The molecule has 0 aliphatic heterocycles. The molecule has 0 saturated carbocycles. The summed E-state index contributed by atoms with van der Waals surface area (Å²) in [5, 5.41) is 18.2. The van der Waals surface area contributed by atoms with Crippen LogP contribution in [0.15, 0.2) is 18.2 Å². The Morgan fingerprint density at radius 1 is 1.56 bits per heavy atom. The highest BCUT2D eigenvalue weighted by Crippen LogP contribution is 2.28. The molecule has 1 aromatic carbocycles. The monoisotopic (exact) mass is 228 g/mol. The molecule has 0 radical (unpaired) electrons. The molecule has 1 unspecified atom stereocenters. The number of hydrogen-bond donors (Lipinski definition) is 2.